The van der Waals surface area contributed by atoms with Gasteiger partial charge in [-0.05, 0) is 31.1 Å². The second-order valence-corrected chi connectivity index (χ2v) is 5.57. The fourth-order valence-electron chi connectivity index (χ4n) is 4.09. The number of hydrogen-bond acceptors (Lipinski definition) is 2. The van der Waals surface area contributed by atoms with Crippen LogP contribution in [0.3, 0.4) is 0 Å². The summed E-state index contributed by atoms with van der Waals surface area (Å²) in [6, 6.07) is 0. The third kappa shape index (κ3) is 1.06. The lowest BCUT2D eigenvalue weighted by atomic mass is 9.67. The highest BCUT2D eigenvalue weighted by molar-refractivity contribution is 6.15. The highest BCUT2D eigenvalue weighted by Gasteiger charge is 2.54. The average molecular weight is 226 g/mol. The molecule has 1 saturated carbocycles. The van der Waals surface area contributed by atoms with Gasteiger partial charge in [0, 0.05) is 23.0 Å². The second kappa shape index (κ2) is 3.06. The van der Waals surface area contributed by atoms with Gasteiger partial charge >= 0.3 is 0 Å². The van der Waals surface area contributed by atoms with E-state index in [1.807, 2.05) is 12.2 Å². The zero-order valence-corrected chi connectivity index (χ0v) is 9.56. The molecule has 2 heteroatoms. The molecule has 0 heterocycles. The Balaban J connectivity index is 1.85. The van der Waals surface area contributed by atoms with E-state index in [1.54, 1.807) is 0 Å². The maximum absolute atomic E-state index is 12.5. The lowest BCUT2D eigenvalue weighted by molar-refractivity contribution is -0.131. The summed E-state index contributed by atoms with van der Waals surface area (Å²) in [4.78, 5) is 25.0. The number of hydrogen-bond donors (Lipinski definition) is 0. The van der Waals surface area contributed by atoms with E-state index in [9.17, 15) is 9.59 Å². The van der Waals surface area contributed by atoms with E-state index in [4.69, 9.17) is 0 Å². The van der Waals surface area contributed by atoms with Crippen LogP contribution in [0.4, 0.5) is 0 Å². The van der Waals surface area contributed by atoms with Crippen LogP contribution in [0.5, 0.6) is 0 Å². The summed E-state index contributed by atoms with van der Waals surface area (Å²) in [6.07, 6.45) is 10.7. The van der Waals surface area contributed by atoms with Crippen molar-refractivity contribution >= 4 is 11.6 Å². The maximum atomic E-state index is 12.5. The van der Waals surface area contributed by atoms with Gasteiger partial charge in [0.1, 0.15) is 0 Å². The van der Waals surface area contributed by atoms with Crippen LogP contribution >= 0.6 is 0 Å². The molecule has 4 unspecified atom stereocenters. The van der Waals surface area contributed by atoms with Gasteiger partial charge in [-0.25, -0.2) is 0 Å². The first kappa shape index (κ1) is 9.58. The number of carbonyl (C=O) groups is 2. The zero-order valence-electron chi connectivity index (χ0n) is 9.56. The van der Waals surface area contributed by atoms with E-state index in [0.717, 1.165) is 17.6 Å². The van der Waals surface area contributed by atoms with Crippen molar-refractivity contribution in [3.8, 4) is 0 Å². The van der Waals surface area contributed by atoms with Gasteiger partial charge < -0.3 is 0 Å². The van der Waals surface area contributed by atoms with E-state index in [2.05, 4.69) is 12.2 Å². The van der Waals surface area contributed by atoms with Crippen LogP contribution < -0.4 is 0 Å². The molecule has 17 heavy (non-hydrogen) atoms. The molecule has 4 atom stereocenters. The summed E-state index contributed by atoms with van der Waals surface area (Å²) in [6.45, 7) is 0. The van der Waals surface area contributed by atoms with Gasteiger partial charge in [0.2, 0.25) is 0 Å². The smallest absolute Gasteiger partial charge is 0.164 e. The fraction of sp³-hybridized carbons (Fsp3) is 0.467. The largest absolute Gasteiger partial charge is 0.294 e. The minimum Gasteiger partial charge on any atom is -0.294 e. The third-order valence-corrected chi connectivity index (χ3v) is 4.83. The molecular weight excluding hydrogens is 212 g/mol. The minimum absolute atomic E-state index is 0.0252. The van der Waals surface area contributed by atoms with E-state index >= 15 is 0 Å². The van der Waals surface area contributed by atoms with Crippen LogP contribution in [0.15, 0.2) is 35.5 Å². The Hall–Kier alpha value is -1.44. The van der Waals surface area contributed by atoms with E-state index in [0.29, 0.717) is 24.7 Å². The zero-order chi connectivity index (χ0) is 11.6. The molecule has 0 aliphatic heterocycles. The highest BCUT2D eigenvalue weighted by atomic mass is 16.1. The van der Waals surface area contributed by atoms with Gasteiger partial charge in [0.05, 0.1) is 0 Å². The summed E-state index contributed by atoms with van der Waals surface area (Å²) in [5.74, 6) is 1.16. The van der Waals surface area contributed by atoms with Crippen LogP contribution in [-0.2, 0) is 9.59 Å². The first-order valence-corrected chi connectivity index (χ1v) is 6.41. The molecule has 4 aliphatic carbocycles. The second-order valence-electron chi connectivity index (χ2n) is 5.57. The Bertz CT molecular complexity index is 477. The van der Waals surface area contributed by atoms with Gasteiger partial charge in [-0.15, -0.1) is 0 Å². The van der Waals surface area contributed by atoms with Crippen LogP contribution in [0.1, 0.15) is 19.3 Å². The maximum Gasteiger partial charge on any atom is 0.164 e. The molecule has 0 saturated heterocycles. The van der Waals surface area contributed by atoms with Gasteiger partial charge in [-0.1, -0.05) is 24.3 Å². The normalized spacial score (nSPS) is 42.1. The SMILES string of the molecule is O=C1C2=C(CC=CC2)C(=O)C2C3C=CC(C3)C12. The quantitative estimate of drug-likeness (QED) is 0.593. The summed E-state index contributed by atoms with van der Waals surface area (Å²) in [5.41, 5.74) is 1.64. The van der Waals surface area contributed by atoms with Gasteiger partial charge in [0.15, 0.2) is 11.6 Å². The molecule has 2 nitrogen and oxygen atoms in total. The molecule has 0 N–H and O–H groups in total. The number of rotatable bonds is 0. The molecule has 0 amide bonds. The topological polar surface area (TPSA) is 34.1 Å². The summed E-state index contributed by atoms with van der Waals surface area (Å²) in [5, 5.41) is 0. The Morgan fingerprint density at radius 3 is 1.76 bits per heavy atom. The number of fused-ring (bicyclic) bond motifs is 5. The molecule has 0 aromatic carbocycles. The van der Waals surface area contributed by atoms with E-state index < -0.39 is 0 Å². The van der Waals surface area contributed by atoms with Crippen molar-refractivity contribution in [2.24, 2.45) is 23.7 Å². The number of Topliss-reactive ketones (excluding diaryl/α,β-unsaturated/α-hetero) is 2. The lowest BCUT2D eigenvalue weighted by Crippen LogP contribution is -2.40. The van der Waals surface area contributed by atoms with Crippen molar-refractivity contribution in [3.63, 3.8) is 0 Å². The minimum atomic E-state index is -0.0252. The van der Waals surface area contributed by atoms with Crippen LogP contribution in [-0.4, -0.2) is 11.6 Å². The Kier molecular flexibility index (Phi) is 1.73. The Morgan fingerprint density at radius 2 is 1.29 bits per heavy atom. The van der Waals surface area contributed by atoms with Crippen molar-refractivity contribution in [2.75, 3.05) is 0 Å². The van der Waals surface area contributed by atoms with Gasteiger partial charge in [-0.3, -0.25) is 9.59 Å². The highest BCUT2D eigenvalue weighted by Crippen LogP contribution is 2.53. The summed E-state index contributed by atoms with van der Waals surface area (Å²) < 4.78 is 0. The predicted octanol–water partition coefficient (Wildman–Crippen LogP) is 2.22. The molecule has 0 aromatic rings. The summed E-state index contributed by atoms with van der Waals surface area (Å²) in [7, 11) is 0. The number of allylic oxidation sites excluding steroid dienone is 6. The van der Waals surface area contributed by atoms with Crippen LogP contribution in [0.2, 0.25) is 0 Å². The molecular formula is C15H14O2. The molecule has 4 rings (SSSR count). The number of carbonyl (C=O) groups excluding carboxylic acids is 2. The standard InChI is InChI=1S/C15H14O2/c16-14-10-3-1-2-4-11(10)15(17)13-9-6-5-8(7-9)12(13)14/h1-2,5-6,8-9,12-13H,3-4,7H2. The molecule has 2 bridgehead atoms. The summed E-state index contributed by atoms with van der Waals surface area (Å²) >= 11 is 0. The van der Waals surface area contributed by atoms with Gasteiger partial charge in [0.25, 0.3) is 0 Å². The Morgan fingerprint density at radius 1 is 0.824 bits per heavy atom. The molecule has 86 valence electrons. The lowest BCUT2D eigenvalue weighted by Gasteiger charge is -2.33. The van der Waals surface area contributed by atoms with Crippen LogP contribution in [0.25, 0.3) is 0 Å². The van der Waals surface area contributed by atoms with E-state index in [-0.39, 0.29) is 23.4 Å². The Labute approximate surface area is 100 Å². The molecule has 0 spiro atoms. The predicted molar refractivity (Wildman–Crippen MR) is 63.1 cm³/mol. The monoisotopic (exact) mass is 226 g/mol. The molecule has 0 radical (unpaired) electrons. The first-order valence-electron chi connectivity index (χ1n) is 6.41. The van der Waals surface area contributed by atoms with Gasteiger partial charge in [-0.2, -0.15) is 0 Å². The molecule has 1 fully saturated rings. The first-order chi connectivity index (χ1) is 8.27. The third-order valence-electron chi connectivity index (χ3n) is 4.83. The van der Waals surface area contributed by atoms with Crippen molar-refractivity contribution in [3.05, 3.63) is 35.5 Å². The van der Waals surface area contributed by atoms with Crippen molar-refractivity contribution in [2.45, 2.75) is 19.3 Å². The molecule has 0 aromatic heterocycles. The fourth-order valence-corrected chi connectivity index (χ4v) is 4.09. The van der Waals surface area contributed by atoms with Crippen molar-refractivity contribution < 1.29 is 9.59 Å². The van der Waals surface area contributed by atoms with Crippen molar-refractivity contribution in [1.82, 2.24) is 0 Å². The molecule has 4 aliphatic rings. The van der Waals surface area contributed by atoms with Crippen molar-refractivity contribution in [1.29, 1.82) is 0 Å². The number of ketones is 2. The van der Waals surface area contributed by atoms with E-state index in [1.165, 1.54) is 0 Å². The average Bonchev–Trinajstić information content (AvgIpc) is 2.96. The van der Waals surface area contributed by atoms with Crippen LogP contribution in [0, 0.1) is 23.7 Å².